The van der Waals surface area contributed by atoms with E-state index in [1.54, 1.807) is 0 Å². The number of hydrogen-bond acceptors (Lipinski definition) is 2. The van der Waals surface area contributed by atoms with Gasteiger partial charge in [0.05, 0.1) is 6.07 Å². The molecule has 0 spiro atoms. The Balaban J connectivity index is 2.03. The molecule has 0 saturated carbocycles. The summed E-state index contributed by atoms with van der Waals surface area (Å²) in [6.07, 6.45) is 0. The summed E-state index contributed by atoms with van der Waals surface area (Å²) in [7, 11) is 0. The van der Waals surface area contributed by atoms with Gasteiger partial charge in [0.15, 0.2) is 0 Å². The molecule has 0 saturated heterocycles. The minimum absolute atomic E-state index is 0.230. The summed E-state index contributed by atoms with van der Waals surface area (Å²) in [5, 5.41) is 9.18. The van der Waals surface area contributed by atoms with Crippen molar-refractivity contribution in [2.24, 2.45) is 0 Å². The van der Waals surface area contributed by atoms with Crippen LogP contribution in [0.15, 0.2) is 54.6 Å². The second kappa shape index (κ2) is 5.88. The summed E-state index contributed by atoms with van der Waals surface area (Å²) in [5.41, 5.74) is 2.15. The first-order chi connectivity index (χ1) is 8.79. The van der Waals surface area contributed by atoms with Gasteiger partial charge in [-0.25, -0.2) is 0 Å². The van der Waals surface area contributed by atoms with Crippen molar-refractivity contribution in [3.63, 3.8) is 0 Å². The van der Waals surface area contributed by atoms with Gasteiger partial charge in [-0.15, -0.1) is 0 Å². The third kappa shape index (κ3) is 3.11. The molecule has 0 aliphatic carbocycles. The smallest absolute Gasteiger partial charge is 0.119 e. The Morgan fingerprint density at radius 1 is 1.11 bits per heavy atom. The highest BCUT2D eigenvalue weighted by Gasteiger charge is 2.10. The Hall–Kier alpha value is -2.27. The summed E-state index contributed by atoms with van der Waals surface area (Å²) >= 11 is 0. The SMILES string of the molecule is Cc1cccc(OCC(C#N)c2ccccc2)c1. The highest BCUT2D eigenvalue weighted by molar-refractivity contribution is 5.29. The fourth-order valence-electron chi connectivity index (χ4n) is 1.78. The molecule has 18 heavy (non-hydrogen) atoms. The largest absolute Gasteiger partial charge is 0.492 e. The molecular formula is C16H15NO. The molecule has 2 aromatic rings. The minimum atomic E-state index is -0.230. The van der Waals surface area contributed by atoms with Crippen LogP contribution in [0.4, 0.5) is 0 Å². The summed E-state index contributed by atoms with van der Waals surface area (Å²) in [6, 6.07) is 19.9. The van der Waals surface area contributed by atoms with Crippen LogP contribution < -0.4 is 4.74 Å². The van der Waals surface area contributed by atoms with E-state index >= 15 is 0 Å². The zero-order valence-electron chi connectivity index (χ0n) is 10.3. The van der Waals surface area contributed by atoms with Crippen molar-refractivity contribution >= 4 is 0 Å². The predicted molar refractivity (Wildman–Crippen MR) is 71.5 cm³/mol. The van der Waals surface area contributed by atoms with Crippen molar-refractivity contribution in [3.8, 4) is 11.8 Å². The van der Waals surface area contributed by atoms with Gasteiger partial charge < -0.3 is 4.74 Å². The van der Waals surface area contributed by atoms with Crippen LogP contribution in [0.1, 0.15) is 17.0 Å². The van der Waals surface area contributed by atoms with Gasteiger partial charge in [-0.2, -0.15) is 5.26 Å². The molecule has 2 rings (SSSR count). The van der Waals surface area contributed by atoms with Crippen molar-refractivity contribution in [3.05, 3.63) is 65.7 Å². The van der Waals surface area contributed by atoms with Gasteiger partial charge in [-0.1, -0.05) is 42.5 Å². The van der Waals surface area contributed by atoms with Crippen LogP contribution in [-0.4, -0.2) is 6.61 Å². The van der Waals surface area contributed by atoms with E-state index in [0.717, 1.165) is 16.9 Å². The van der Waals surface area contributed by atoms with E-state index in [0.29, 0.717) is 6.61 Å². The number of rotatable bonds is 4. The van der Waals surface area contributed by atoms with Gasteiger partial charge in [0.1, 0.15) is 18.3 Å². The second-order valence-corrected chi connectivity index (χ2v) is 4.22. The normalized spacial score (nSPS) is 11.6. The third-order valence-corrected chi connectivity index (χ3v) is 2.76. The minimum Gasteiger partial charge on any atom is -0.492 e. The quantitative estimate of drug-likeness (QED) is 0.812. The molecule has 1 unspecified atom stereocenters. The number of nitriles is 1. The molecule has 0 amide bonds. The molecule has 1 atom stereocenters. The molecule has 0 aliphatic heterocycles. The lowest BCUT2D eigenvalue weighted by Gasteiger charge is -2.11. The van der Waals surface area contributed by atoms with Crippen LogP contribution in [0.3, 0.4) is 0 Å². The van der Waals surface area contributed by atoms with E-state index in [4.69, 9.17) is 4.74 Å². The molecule has 90 valence electrons. The summed E-state index contributed by atoms with van der Waals surface area (Å²) in [4.78, 5) is 0. The number of nitrogens with zero attached hydrogens (tertiary/aromatic N) is 1. The molecular weight excluding hydrogens is 222 g/mol. The Labute approximate surface area is 107 Å². The number of benzene rings is 2. The zero-order chi connectivity index (χ0) is 12.8. The second-order valence-electron chi connectivity index (χ2n) is 4.22. The molecule has 0 radical (unpaired) electrons. The summed E-state index contributed by atoms with van der Waals surface area (Å²) in [5.74, 6) is 0.581. The summed E-state index contributed by atoms with van der Waals surface area (Å²) < 4.78 is 5.67. The van der Waals surface area contributed by atoms with E-state index < -0.39 is 0 Å². The van der Waals surface area contributed by atoms with Crippen molar-refractivity contribution < 1.29 is 4.74 Å². The van der Waals surface area contributed by atoms with E-state index in [9.17, 15) is 5.26 Å². The van der Waals surface area contributed by atoms with Gasteiger partial charge in [-0.05, 0) is 30.2 Å². The number of hydrogen-bond donors (Lipinski definition) is 0. The fraction of sp³-hybridized carbons (Fsp3) is 0.188. The average Bonchev–Trinajstić information content (AvgIpc) is 2.41. The van der Waals surface area contributed by atoms with E-state index in [2.05, 4.69) is 6.07 Å². The van der Waals surface area contributed by atoms with Crippen molar-refractivity contribution in [2.45, 2.75) is 12.8 Å². The first-order valence-electron chi connectivity index (χ1n) is 5.93. The number of aryl methyl sites for hydroxylation is 1. The van der Waals surface area contributed by atoms with Crippen LogP contribution in [0.5, 0.6) is 5.75 Å². The maximum atomic E-state index is 9.18. The molecule has 2 heteroatoms. The Bertz CT molecular complexity index is 543. The monoisotopic (exact) mass is 237 g/mol. The van der Waals surface area contributed by atoms with Gasteiger partial charge >= 0.3 is 0 Å². The first-order valence-corrected chi connectivity index (χ1v) is 5.93. The van der Waals surface area contributed by atoms with Crippen LogP contribution in [0.2, 0.25) is 0 Å². The molecule has 0 N–H and O–H groups in total. The van der Waals surface area contributed by atoms with Gasteiger partial charge in [0.25, 0.3) is 0 Å². The van der Waals surface area contributed by atoms with Crippen LogP contribution in [0.25, 0.3) is 0 Å². The van der Waals surface area contributed by atoms with Crippen LogP contribution in [0, 0.1) is 18.3 Å². The molecule has 0 fully saturated rings. The van der Waals surface area contributed by atoms with Gasteiger partial charge in [0.2, 0.25) is 0 Å². The maximum absolute atomic E-state index is 9.18. The highest BCUT2D eigenvalue weighted by Crippen LogP contribution is 2.18. The Morgan fingerprint density at radius 3 is 2.56 bits per heavy atom. The van der Waals surface area contributed by atoms with Crippen molar-refractivity contribution in [1.29, 1.82) is 5.26 Å². The maximum Gasteiger partial charge on any atom is 0.119 e. The highest BCUT2D eigenvalue weighted by atomic mass is 16.5. The third-order valence-electron chi connectivity index (χ3n) is 2.76. The van der Waals surface area contributed by atoms with Crippen LogP contribution in [-0.2, 0) is 0 Å². The van der Waals surface area contributed by atoms with E-state index in [1.807, 2.05) is 61.5 Å². The zero-order valence-corrected chi connectivity index (χ0v) is 10.3. The predicted octanol–water partition coefficient (Wildman–Crippen LogP) is 3.68. The molecule has 0 bridgehead atoms. The van der Waals surface area contributed by atoms with E-state index in [-0.39, 0.29) is 5.92 Å². The Kier molecular flexibility index (Phi) is 3.98. The van der Waals surface area contributed by atoms with Crippen molar-refractivity contribution in [1.82, 2.24) is 0 Å². The Morgan fingerprint density at radius 2 is 1.89 bits per heavy atom. The summed E-state index contributed by atoms with van der Waals surface area (Å²) in [6.45, 7) is 2.40. The molecule has 0 aromatic heterocycles. The van der Waals surface area contributed by atoms with Crippen LogP contribution >= 0.6 is 0 Å². The van der Waals surface area contributed by atoms with Crippen molar-refractivity contribution in [2.75, 3.05) is 6.61 Å². The van der Waals surface area contributed by atoms with Gasteiger partial charge in [0, 0.05) is 0 Å². The molecule has 0 heterocycles. The topological polar surface area (TPSA) is 33.0 Å². The molecule has 2 nitrogen and oxygen atoms in total. The first kappa shape index (κ1) is 12.2. The lowest BCUT2D eigenvalue weighted by molar-refractivity contribution is 0.308. The molecule has 0 aliphatic rings. The lowest BCUT2D eigenvalue weighted by atomic mass is 10.0. The fourth-order valence-corrected chi connectivity index (χ4v) is 1.78. The number of ether oxygens (including phenoxy) is 1. The lowest BCUT2D eigenvalue weighted by Crippen LogP contribution is -2.08. The van der Waals surface area contributed by atoms with E-state index in [1.165, 1.54) is 0 Å². The average molecular weight is 237 g/mol. The standard InChI is InChI=1S/C16H15NO/c1-13-6-5-9-16(10-13)18-12-15(11-17)14-7-3-2-4-8-14/h2-10,15H,12H2,1H3. The molecule has 2 aromatic carbocycles. The van der Waals surface area contributed by atoms with Gasteiger partial charge in [-0.3, -0.25) is 0 Å².